The van der Waals surface area contributed by atoms with Crippen LogP contribution in [0.5, 0.6) is 0 Å². The van der Waals surface area contributed by atoms with Gasteiger partial charge in [-0.25, -0.2) is 4.79 Å². The molecule has 2 rings (SSSR count). The van der Waals surface area contributed by atoms with Gasteiger partial charge in [0.25, 0.3) is 0 Å². The van der Waals surface area contributed by atoms with Gasteiger partial charge in [-0.15, -0.1) is 10.2 Å². The van der Waals surface area contributed by atoms with E-state index in [1.165, 1.54) is 12.4 Å². The van der Waals surface area contributed by atoms with Gasteiger partial charge >= 0.3 is 6.03 Å². The molecule has 0 aliphatic rings. The molecule has 2 heterocycles. The molecule has 0 atom stereocenters. The number of aryl methyl sites for hydroxylation is 1. The number of alkyl halides is 3. The molecule has 0 saturated carbocycles. The smallest absolute Gasteiger partial charge is 0.243 e. The predicted octanol–water partition coefficient (Wildman–Crippen LogP) is 1.78. The minimum absolute atomic E-state index is 0.107. The standard InChI is InChI=1S/C8H7Cl3N6O/c1-2-5-6(8(9,10)11)17(15-13-5)7(18)16-4-3-12-14-16/h3-4H,2H2,1H3. The van der Waals surface area contributed by atoms with Crippen LogP contribution in [-0.4, -0.2) is 36.0 Å². The van der Waals surface area contributed by atoms with Crippen molar-refractivity contribution in [3.8, 4) is 0 Å². The number of carbonyl (C=O) groups is 1. The second kappa shape index (κ2) is 4.83. The average Bonchev–Trinajstić information content (AvgIpc) is 2.96. The lowest BCUT2D eigenvalue weighted by Crippen LogP contribution is -2.26. The molecular formula is C8H7Cl3N6O. The van der Waals surface area contributed by atoms with Crippen LogP contribution in [0.1, 0.15) is 18.3 Å². The van der Waals surface area contributed by atoms with E-state index in [0.29, 0.717) is 12.1 Å². The van der Waals surface area contributed by atoms with Crippen LogP contribution in [0, 0.1) is 0 Å². The zero-order chi connectivity index (χ0) is 13.3. The summed E-state index contributed by atoms with van der Waals surface area (Å²) in [6, 6.07) is -0.624. The number of hydrogen-bond acceptors (Lipinski definition) is 5. The zero-order valence-electron chi connectivity index (χ0n) is 9.09. The molecule has 0 aliphatic heterocycles. The predicted molar refractivity (Wildman–Crippen MR) is 64.9 cm³/mol. The van der Waals surface area contributed by atoms with Crippen molar-refractivity contribution in [3.05, 3.63) is 23.8 Å². The van der Waals surface area contributed by atoms with Gasteiger partial charge in [0.1, 0.15) is 5.69 Å². The van der Waals surface area contributed by atoms with Crippen molar-refractivity contribution in [2.75, 3.05) is 0 Å². The van der Waals surface area contributed by atoms with Gasteiger partial charge in [-0.1, -0.05) is 52.2 Å². The largest absolute Gasteiger partial charge is 0.372 e. The van der Waals surface area contributed by atoms with E-state index in [-0.39, 0.29) is 5.69 Å². The second-order valence-corrected chi connectivity index (χ2v) is 5.56. The topological polar surface area (TPSA) is 78.5 Å². The summed E-state index contributed by atoms with van der Waals surface area (Å²) in [5.74, 6) is 0. The highest BCUT2D eigenvalue weighted by atomic mass is 35.6. The Morgan fingerprint density at radius 2 is 2.11 bits per heavy atom. The summed E-state index contributed by atoms with van der Waals surface area (Å²) in [7, 11) is 0. The minimum Gasteiger partial charge on any atom is -0.243 e. The molecule has 10 heteroatoms. The lowest BCUT2D eigenvalue weighted by Gasteiger charge is -2.12. The molecule has 96 valence electrons. The van der Waals surface area contributed by atoms with E-state index in [1.807, 2.05) is 6.92 Å². The van der Waals surface area contributed by atoms with Gasteiger partial charge in [0, 0.05) is 0 Å². The number of nitrogens with zero attached hydrogens (tertiary/aromatic N) is 6. The Balaban J connectivity index is 2.52. The maximum absolute atomic E-state index is 12.0. The molecule has 0 fully saturated rings. The molecule has 0 saturated heterocycles. The fourth-order valence-corrected chi connectivity index (χ4v) is 1.94. The summed E-state index contributed by atoms with van der Waals surface area (Å²) < 4.78 is 0.0691. The molecule has 0 aromatic carbocycles. The van der Waals surface area contributed by atoms with Crippen LogP contribution in [0.15, 0.2) is 12.4 Å². The molecule has 2 aromatic heterocycles. The molecule has 7 nitrogen and oxygen atoms in total. The molecular weight excluding hydrogens is 302 g/mol. The van der Waals surface area contributed by atoms with Crippen molar-refractivity contribution in [1.29, 1.82) is 0 Å². The van der Waals surface area contributed by atoms with Crippen LogP contribution in [0.2, 0.25) is 0 Å². The summed E-state index contributed by atoms with van der Waals surface area (Å²) in [6.07, 6.45) is 3.19. The molecule has 2 aromatic rings. The second-order valence-electron chi connectivity index (χ2n) is 3.28. The van der Waals surface area contributed by atoms with E-state index in [0.717, 1.165) is 9.36 Å². The molecule has 0 radical (unpaired) electrons. The first-order valence-corrected chi connectivity index (χ1v) is 6.01. The minimum atomic E-state index is -1.80. The van der Waals surface area contributed by atoms with E-state index < -0.39 is 9.82 Å². The van der Waals surface area contributed by atoms with Gasteiger partial charge < -0.3 is 0 Å². The number of rotatable bonds is 1. The van der Waals surface area contributed by atoms with Crippen molar-refractivity contribution in [2.45, 2.75) is 17.1 Å². The fourth-order valence-electron chi connectivity index (χ4n) is 1.38. The first-order chi connectivity index (χ1) is 8.45. The van der Waals surface area contributed by atoms with Crippen molar-refractivity contribution >= 4 is 40.8 Å². The SMILES string of the molecule is CCc1nnn(C(=O)n2ccnn2)c1C(Cl)(Cl)Cl. The van der Waals surface area contributed by atoms with Gasteiger partial charge in [0.15, 0.2) is 0 Å². The van der Waals surface area contributed by atoms with Gasteiger partial charge in [0.05, 0.1) is 18.1 Å². The zero-order valence-corrected chi connectivity index (χ0v) is 11.4. The maximum atomic E-state index is 12.0. The quantitative estimate of drug-likeness (QED) is 0.750. The van der Waals surface area contributed by atoms with E-state index in [2.05, 4.69) is 20.6 Å². The van der Waals surface area contributed by atoms with E-state index in [1.54, 1.807) is 0 Å². The molecule has 0 unspecified atom stereocenters. The normalized spacial score (nSPS) is 11.8. The Morgan fingerprint density at radius 3 is 2.61 bits per heavy atom. The number of carbonyl (C=O) groups excluding carboxylic acids is 1. The van der Waals surface area contributed by atoms with Crippen molar-refractivity contribution < 1.29 is 4.79 Å². The number of aromatic nitrogens is 6. The summed E-state index contributed by atoms with van der Waals surface area (Å²) in [5.41, 5.74) is 0.541. The third-order valence-corrected chi connectivity index (χ3v) is 2.68. The van der Waals surface area contributed by atoms with Gasteiger partial charge in [-0.3, -0.25) is 0 Å². The first-order valence-electron chi connectivity index (χ1n) is 4.88. The maximum Gasteiger partial charge on any atom is 0.372 e. The molecule has 0 N–H and O–H groups in total. The van der Waals surface area contributed by atoms with Crippen LogP contribution in [-0.2, 0) is 10.2 Å². The van der Waals surface area contributed by atoms with Crippen molar-refractivity contribution in [3.63, 3.8) is 0 Å². The van der Waals surface area contributed by atoms with E-state index >= 15 is 0 Å². The van der Waals surface area contributed by atoms with E-state index in [4.69, 9.17) is 34.8 Å². The number of halogens is 3. The van der Waals surface area contributed by atoms with Gasteiger partial charge in [0.2, 0.25) is 3.79 Å². The van der Waals surface area contributed by atoms with Gasteiger partial charge in [-0.2, -0.15) is 9.36 Å². The molecule has 0 amide bonds. The summed E-state index contributed by atoms with van der Waals surface area (Å²) >= 11 is 17.5. The highest BCUT2D eigenvalue weighted by Crippen LogP contribution is 2.39. The highest BCUT2D eigenvalue weighted by molar-refractivity contribution is 6.66. The highest BCUT2D eigenvalue weighted by Gasteiger charge is 2.34. The third-order valence-electron chi connectivity index (χ3n) is 2.14. The molecule has 0 spiro atoms. The third kappa shape index (κ3) is 2.33. The number of hydrogen-bond donors (Lipinski definition) is 0. The Morgan fingerprint density at radius 1 is 1.39 bits per heavy atom. The van der Waals surface area contributed by atoms with Crippen molar-refractivity contribution in [2.24, 2.45) is 0 Å². The van der Waals surface area contributed by atoms with Crippen molar-refractivity contribution in [1.82, 2.24) is 30.0 Å². The van der Waals surface area contributed by atoms with Crippen LogP contribution >= 0.6 is 34.8 Å². The lowest BCUT2D eigenvalue weighted by atomic mass is 10.3. The molecule has 0 aliphatic carbocycles. The summed E-state index contributed by atoms with van der Waals surface area (Å²) in [6.45, 7) is 1.81. The Hall–Kier alpha value is -1.18. The lowest BCUT2D eigenvalue weighted by molar-refractivity contribution is 0.236. The Bertz CT molecular complexity index is 558. The summed E-state index contributed by atoms with van der Waals surface area (Å²) in [4.78, 5) is 12.0. The fraction of sp³-hybridized carbons (Fsp3) is 0.375. The monoisotopic (exact) mass is 308 g/mol. The average molecular weight is 310 g/mol. The van der Waals surface area contributed by atoms with Crippen LogP contribution in [0.4, 0.5) is 4.79 Å². The Kier molecular flexibility index (Phi) is 3.56. The molecule has 0 bridgehead atoms. The molecule has 18 heavy (non-hydrogen) atoms. The van der Waals surface area contributed by atoms with Crippen LogP contribution < -0.4 is 0 Å². The van der Waals surface area contributed by atoms with Crippen LogP contribution in [0.3, 0.4) is 0 Å². The van der Waals surface area contributed by atoms with E-state index in [9.17, 15) is 4.79 Å². The van der Waals surface area contributed by atoms with Crippen LogP contribution in [0.25, 0.3) is 0 Å². The first kappa shape index (κ1) is 13.3. The Labute approximate surface area is 117 Å². The summed E-state index contributed by atoms with van der Waals surface area (Å²) in [5, 5.41) is 14.6. The van der Waals surface area contributed by atoms with Gasteiger partial charge in [-0.05, 0) is 6.42 Å².